The van der Waals surface area contributed by atoms with Crippen LogP contribution in [0.5, 0.6) is 0 Å². The number of aromatic nitrogens is 1. The Kier molecular flexibility index (Phi) is 3.33. The van der Waals surface area contributed by atoms with Gasteiger partial charge < -0.3 is 5.32 Å². The molecule has 1 aliphatic carbocycles. The summed E-state index contributed by atoms with van der Waals surface area (Å²) in [5.41, 5.74) is 2.64. The SMILES string of the molecule is Cc1cc(C)c(C#N)c(NC(C)CC2CC2)n1. The van der Waals surface area contributed by atoms with E-state index >= 15 is 0 Å². The lowest BCUT2D eigenvalue weighted by atomic mass is 10.1. The maximum Gasteiger partial charge on any atom is 0.144 e. The quantitative estimate of drug-likeness (QED) is 0.862. The third-order valence-corrected chi connectivity index (χ3v) is 3.22. The molecule has 1 fully saturated rings. The molecule has 1 N–H and O–H groups in total. The summed E-state index contributed by atoms with van der Waals surface area (Å²) in [5.74, 6) is 1.63. The lowest BCUT2D eigenvalue weighted by Crippen LogP contribution is -2.18. The second-order valence-electron chi connectivity index (χ2n) is 5.14. The Labute approximate surface area is 103 Å². The highest BCUT2D eigenvalue weighted by atomic mass is 15.0. The smallest absolute Gasteiger partial charge is 0.144 e. The van der Waals surface area contributed by atoms with E-state index in [4.69, 9.17) is 5.26 Å². The zero-order valence-corrected chi connectivity index (χ0v) is 10.7. The molecule has 0 aliphatic heterocycles. The molecule has 1 aromatic rings. The molecule has 0 bridgehead atoms. The maximum atomic E-state index is 9.17. The highest BCUT2D eigenvalue weighted by Crippen LogP contribution is 2.34. The number of hydrogen-bond donors (Lipinski definition) is 1. The van der Waals surface area contributed by atoms with Crippen LogP contribution < -0.4 is 5.32 Å². The van der Waals surface area contributed by atoms with Gasteiger partial charge in [0, 0.05) is 11.7 Å². The Morgan fingerprint density at radius 2 is 2.24 bits per heavy atom. The van der Waals surface area contributed by atoms with E-state index in [9.17, 15) is 0 Å². The van der Waals surface area contributed by atoms with E-state index in [-0.39, 0.29) is 0 Å². The van der Waals surface area contributed by atoms with Crippen LogP contribution >= 0.6 is 0 Å². The highest BCUT2D eigenvalue weighted by Gasteiger charge is 2.24. The third-order valence-electron chi connectivity index (χ3n) is 3.22. The number of anilines is 1. The maximum absolute atomic E-state index is 9.17. The summed E-state index contributed by atoms with van der Waals surface area (Å²) >= 11 is 0. The number of nitrogens with zero attached hydrogens (tertiary/aromatic N) is 2. The zero-order chi connectivity index (χ0) is 12.4. The van der Waals surface area contributed by atoms with E-state index in [0.29, 0.717) is 11.6 Å². The van der Waals surface area contributed by atoms with Crippen LogP contribution in [0.4, 0.5) is 5.82 Å². The van der Waals surface area contributed by atoms with E-state index in [2.05, 4.69) is 23.3 Å². The topological polar surface area (TPSA) is 48.7 Å². The third kappa shape index (κ3) is 2.97. The van der Waals surface area contributed by atoms with Crippen molar-refractivity contribution in [1.29, 1.82) is 5.26 Å². The lowest BCUT2D eigenvalue weighted by molar-refractivity contribution is 0.639. The molecule has 17 heavy (non-hydrogen) atoms. The number of pyridine rings is 1. The van der Waals surface area contributed by atoms with E-state index in [0.717, 1.165) is 23.0 Å². The molecule has 0 amide bonds. The molecule has 0 aromatic carbocycles. The predicted molar refractivity (Wildman–Crippen MR) is 68.9 cm³/mol. The number of nitrogens with one attached hydrogen (secondary N) is 1. The molecule has 1 atom stereocenters. The Hall–Kier alpha value is -1.56. The summed E-state index contributed by atoms with van der Waals surface area (Å²) < 4.78 is 0. The fourth-order valence-corrected chi connectivity index (χ4v) is 2.23. The van der Waals surface area contributed by atoms with Crippen LogP contribution in [0, 0.1) is 31.1 Å². The minimum Gasteiger partial charge on any atom is -0.366 e. The van der Waals surface area contributed by atoms with Crippen LogP contribution in [0.25, 0.3) is 0 Å². The average Bonchev–Trinajstić information content (AvgIpc) is 3.00. The van der Waals surface area contributed by atoms with Crippen molar-refractivity contribution in [2.24, 2.45) is 5.92 Å². The van der Waals surface area contributed by atoms with Crippen molar-refractivity contribution in [1.82, 2.24) is 4.98 Å². The van der Waals surface area contributed by atoms with Crippen LogP contribution in [-0.4, -0.2) is 11.0 Å². The van der Waals surface area contributed by atoms with Crippen LogP contribution in [-0.2, 0) is 0 Å². The average molecular weight is 229 g/mol. The summed E-state index contributed by atoms with van der Waals surface area (Å²) in [6.45, 7) is 6.09. The van der Waals surface area contributed by atoms with E-state index in [1.807, 2.05) is 19.9 Å². The van der Waals surface area contributed by atoms with Gasteiger partial charge in [0.2, 0.25) is 0 Å². The first-order chi connectivity index (χ1) is 8.10. The van der Waals surface area contributed by atoms with Gasteiger partial charge in [-0.3, -0.25) is 0 Å². The van der Waals surface area contributed by atoms with Gasteiger partial charge in [0.15, 0.2) is 0 Å². The molecular formula is C14H19N3. The highest BCUT2D eigenvalue weighted by molar-refractivity contribution is 5.56. The summed E-state index contributed by atoms with van der Waals surface area (Å²) in [7, 11) is 0. The molecule has 1 aliphatic rings. The molecule has 90 valence electrons. The Morgan fingerprint density at radius 1 is 1.53 bits per heavy atom. The molecule has 1 unspecified atom stereocenters. The van der Waals surface area contributed by atoms with E-state index in [1.54, 1.807) is 0 Å². The van der Waals surface area contributed by atoms with E-state index < -0.39 is 0 Å². The molecular weight excluding hydrogens is 210 g/mol. The number of nitriles is 1. The van der Waals surface area contributed by atoms with Gasteiger partial charge in [-0.05, 0) is 44.7 Å². The fraction of sp³-hybridized carbons (Fsp3) is 0.571. The number of aryl methyl sites for hydroxylation is 2. The molecule has 0 saturated heterocycles. The molecule has 1 saturated carbocycles. The second-order valence-corrected chi connectivity index (χ2v) is 5.14. The minimum atomic E-state index is 0.392. The number of hydrogen-bond acceptors (Lipinski definition) is 3. The normalized spacial score (nSPS) is 16.4. The van der Waals surface area contributed by atoms with Crippen LogP contribution in [0.15, 0.2) is 6.07 Å². The lowest BCUT2D eigenvalue weighted by Gasteiger charge is -2.16. The van der Waals surface area contributed by atoms with Gasteiger partial charge in [0.05, 0.1) is 5.56 Å². The van der Waals surface area contributed by atoms with E-state index in [1.165, 1.54) is 19.3 Å². The van der Waals surface area contributed by atoms with Crippen molar-refractivity contribution in [3.63, 3.8) is 0 Å². The largest absolute Gasteiger partial charge is 0.366 e. The van der Waals surface area contributed by atoms with Gasteiger partial charge in [-0.1, -0.05) is 12.8 Å². The summed E-state index contributed by atoms with van der Waals surface area (Å²) in [6, 6.07) is 4.59. The van der Waals surface area contributed by atoms with Crippen molar-refractivity contribution in [3.8, 4) is 6.07 Å². The summed E-state index contributed by atoms with van der Waals surface area (Å²) in [6.07, 6.45) is 3.90. The minimum absolute atomic E-state index is 0.392. The standard InChI is InChI=1S/C14H19N3/c1-9-6-10(2)16-14(13(9)8-15)17-11(3)7-12-4-5-12/h6,11-12H,4-5,7H2,1-3H3,(H,16,17). The molecule has 0 radical (unpaired) electrons. The summed E-state index contributed by atoms with van der Waals surface area (Å²) in [5, 5.41) is 12.5. The molecule has 0 spiro atoms. The molecule has 1 aromatic heterocycles. The first-order valence-corrected chi connectivity index (χ1v) is 6.25. The van der Waals surface area contributed by atoms with Crippen LogP contribution in [0.3, 0.4) is 0 Å². The van der Waals surface area contributed by atoms with Crippen LogP contribution in [0.2, 0.25) is 0 Å². The summed E-state index contributed by atoms with van der Waals surface area (Å²) in [4.78, 5) is 4.44. The van der Waals surface area contributed by atoms with Gasteiger partial charge >= 0.3 is 0 Å². The molecule has 1 heterocycles. The Bertz CT molecular complexity index is 455. The predicted octanol–water partition coefficient (Wildman–Crippen LogP) is 3.17. The first-order valence-electron chi connectivity index (χ1n) is 6.25. The zero-order valence-electron chi connectivity index (χ0n) is 10.7. The van der Waals surface area contributed by atoms with Crippen molar-refractivity contribution < 1.29 is 0 Å². The molecule has 3 heteroatoms. The van der Waals surface area contributed by atoms with Gasteiger partial charge in [-0.15, -0.1) is 0 Å². The van der Waals surface area contributed by atoms with Crippen LogP contribution in [0.1, 0.15) is 43.0 Å². The van der Waals surface area contributed by atoms with Crippen molar-refractivity contribution in [2.45, 2.75) is 46.1 Å². The Balaban J connectivity index is 2.15. The number of rotatable bonds is 4. The van der Waals surface area contributed by atoms with Gasteiger partial charge in [0.25, 0.3) is 0 Å². The van der Waals surface area contributed by atoms with Crippen molar-refractivity contribution >= 4 is 5.82 Å². The van der Waals surface area contributed by atoms with Crippen molar-refractivity contribution in [3.05, 3.63) is 22.9 Å². The second kappa shape index (κ2) is 4.75. The van der Waals surface area contributed by atoms with Crippen molar-refractivity contribution in [2.75, 3.05) is 5.32 Å². The first kappa shape index (κ1) is 11.9. The van der Waals surface area contributed by atoms with Gasteiger partial charge in [-0.25, -0.2) is 4.98 Å². The van der Waals surface area contributed by atoms with Gasteiger partial charge in [-0.2, -0.15) is 5.26 Å². The fourth-order valence-electron chi connectivity index (χ4n) is 2.23. The monoisotopic (exact) mass is 229 g/mol. The molecule has 2 rings (SSSR count). The van der Waals surface area contributed by atoms with Gasteiger partial charge in [0.1, 0.15) is 11.9 Å². The Morgan fingerprint density at radius 3 is 2.82 bits per heavy atom. The molecule has 3 nitrogen and oxygen atoms in total.